The molecule has 0 aromatic heterocycles. The van der Waals surface area contributed by atoms with E-state index in [-0.39, 0.29) is 28.8 Å². The van der Waals surface area contributed by atoms with Gasteiger partial charge in [-0.25, -0.2) is 13.2 Å². The van der Waals surface area contributed by atoms with Gasteiger partial charge in [-0.3, -0.25) is 9.59 Å². The zero-order valence-corrected chi connectivity index (χ0v) is 15.6. The summed E-state index contributed by atoms with van der Waals surface area (Å²) in [5, 5.41) is 14.2. The summed E-state index contributed by atoms with van der Waals surface area (Å²) in [4.78, 5) is 25.4. The number of nitrogens with zero attached hydrogens (tertiary/aromatic N) is 1. The van der Waals surface area contributed by atoms with Gasteiger partial charge in [0, 0.05) is 12.0 Å². The maximum absolute atomic E-state index is 14.3. The van der Waals surface area contributed by atoms with E-state index in [0.717, 1.165) is 12.1 Å². The smallest absolute Gasteiger partial charge is 0.268 e. The maximum Gasteiger partial charge on any atom is 0.268 e. The summed E-state index contributed by atoms with van der Waals surface area (Å²) in [5.74, 6) is -4.17. The second-order valence-corrected chi connectivity index (χ2v) is 6.94. The van der Waals surface area contributed by atoms with Crippen molar-refractivity contribution in [2.75, 3.05) is 0 Å². The number of piperazine rings is 1. The van der Waals surface area contributed by atoms with Crippen LogP contribution in [0.4, 0.5) is 13.2 Å². The van der Waals surface area contributed by atoms with E-state index in [1.54, 1.807) is 6.07 Å². The SMILES string of the molecule is CC(=C1NC(=O)C(C)(Cc2ccc(F)cc2)NC1=O)c1c(C#N)ccc(F)c1F. The second kappa shape index (κ2) is 7.43. The third-order valence-electron chi connectivity index (χ3n) is 4.79. The van der Waals surface area contributed by atoms with Gasteiger partial charge in [-0.1, -0.05) is 12.1 Å². The summed E-state index contributed by atoms with van der Waals surface area (Å²) in [6, 6.07) is 9.14. The molecule has 2 amide bonds. The van der Waals surface area contributed by atoms with Crippen molar-refractivity contribution in [3.63, 3.8) is 0 Å². The molecule has 0 radical (unpaired) electrons. The zero-order chi connectivity index (χ0) is 21.3. The molecule has 0 spiro atoms. The number of halogens is 3. The summed E-state index contributed by atoms with van der Waals surface area (Å²) < 4.78 is 41.1. The van der Waals surface area contributed by atoms with Gasteiger partial charge in [0.15, 0.2) is 11.6 Å². The van der Waals surface area contributed by atoms with Gasteiger partial charge in [-0.15, -0.1) is 0 Å². The Balaban J connectivity index is 1.97. The van der Waals surface area contributed by atoms with Crippen LogP contribution in [0, 0.1) is 28.8 Å². The maximum atomic E-state index is 14.3. The molecule has 1 saturated heterocycles. The molecule has 29 heavy (non-hydrogen) atoms. The van der Waals surface area contributed by atoms with Crippen LogP contribution in [-0.2, 0) is 16.0 Å². The van der Waals surface area contributed by atoms with Crippen molar-refractivity contribution in [3.8, 4) is 6.07 Å². The van der Waals surface area contributed by atoms with Gasteiger partial charge in [0.1, 0.15) is 17.1 Å². The molecule has 1 fully saturated rings. The molecule has 148 valence electrons. The van der Waals surface area contributed by atoms with E-state index >= 15 is 0 Å². The molecular weight excluding hydrogens is 383 g/mol. The Bertz CT molecular complexity index is 1090. The first kappa shape index (κ1) is 20.1. The fourth-order valence-electron chi connectivity index (χ4n) is 3.21. The highest BCUT2D eigenvalue weighted by Gasteiger charge is 2.41. The number of carbonyl (C=O) groups is 2. The van der Waals surface area contributed by atoms with Crippen LogP contribution in [0.5, 0.6) is 0 Å². The largest absolute Gasteiger partial charge is 0.336 e. The molecule has 0 bridgehead atoms. The van der Waals surface area contributed by atoms with Crippen LogP contribution < -0.4 is 10.6 Å². The third-order valence-corrected chi connectivity index (χ3v) is 4.79. The monoisotopic (exact) mass is 399 g/mol. The first-order valence-electron chi connectivity index (χ1n) is 8.64. The first-order valence-corrected chi connectivity index (χ1v) is 8.64. The highest BCUT2D eigenvalue weighted by atomic mass is 19.2. The minimum absolute atomic E-state index is 0.0757. The van der Waals surface area contributed by atoms with E-state index in [1.807, 2.05) is 0 Å². The lowest BCUT2D eigenvalue weighted by Crippen LogP contribution is -2.64. The fourth-order valence-corrected chi connectivity index (χ4v) is 3.21. The number of benzene rings is 2. The quantitative estimate of drug-likeness (QED) is 0.779. The summed E-state index contributed by atoms with van der Waals surface area (Å²) in [5.41, 5.74) is -1.62. The van der Waals surface area contributed by atoms with Crippen molar-refractivity contribution < 1.29 is 22.8 Å². The molecule has 1 unspecified atom stereocenters. The lowest BCUT2D eigenvalue weighted by Gasteiger charge is -2.35. The number of nitrogens with one attached hydrogen (secondary N) is 2. The summed E-state index contributed by atoms with van der Waals surface area (Å²) in [7, 11) is 0. The number of amides is 2. The Morgan fingerprint density at radius 3 is 2.38 bits per heavy atom. The van der Waals surface area contributed by atoms with E-state index in [1.165, 1.54) is 38.1 Å². The molecular formula is C21H16F3N3O2. The number of hydrogen-bond donors (Lipinski definition) is 2. The molecule has 8 heteroatoms. The first-order chi connectivity index (χ1) is 13.7. The average molecular weight is 399 g/mol. The minimum atomic E-state index is -1.34. The van der Waals surface area contributed by atoms with Crippen LogP contribution in [0.25, 0.3) is 5.57 Å². The topological polar surface area (TPSA) is 82.0 Å². The van der Waals surface area contributed by atoms with E-state index < -0.39 is 34.8 Å². The molecule has 0 aliphatic carbocycles. The summed E-state index contributed by atoms with van der Waals surface area (Å²) in [6.07, 6.45) is 0.0922. The van der Waals surface area contributed by atoms with E-state index in [0.29, 0.717) is 5.56 Å². The van der Waals surface area contributed by atoms with Crippen molar-refractivity contribution in [3.05, 3.63) is 76.2 Å². The van der Waals surface area contributed by atoms with E-state index in [4.69, 9.17) is 0 Å². The molecule has 0 saturated carbocycles. The van der Waals surface area contributed by atoms with Gasteiger partial charge in [0.25, 0.3) is 5.91 Å². The Morgan fingerprint density at radius 2 is 1.76 bits per heavy atom. The van der Waals surface area contributed by atoms with Gasteiger partial charge in [-0.2, -0.15) is 5.26 Å². The van der Waals surface area contributed by atoms with Gasteiger partial charge < -0.3 is 10.6 Å². The lowest BCUT2D eigenvalue weighted by molar-refractivity contribution is -0.135. The van der Waals surface area contributed by atoms with Gasteiger partial charge in [0.05, 0.1) is 11.6 Å². The Hall–Kier alpha value is -3.60. The van der Waals surface area contributed by atoms with Crippen molar-refractivity contribution >= 4 is 17.4 Å². The lowest BCUT2D eigenvalue weighted by atomic mass is 9.88. The molecule has 1 heterocycles. The highest BCUT2D eigenvalue weighted by Crippen LogP contribution is 2.28. The molecule has 2 N–H and O–H groups in total. The van der Waals surface area contributed by atoms with Crippen molar-refractivity contribution in [1.82, 2.24) is 10.6 Å². The standard InChI is InChI=1S/C21H16F3N3O2/c1-11(16-13(10-25)5-8-15(23)17(16)24)18-19(28)27-21(2,20(29)26-18)9-12-3-6-14(22)7-4-12/h3-8H,9H2,1-2H3,(H,26,29)(H,27,28). The normalized spacial score (nSPS) is 20.6. The molecule has 1 aliphatic rings. The van der Waals surface area contributed by atoms with Crippen LogP contribution in [0.1, 0.15) is 30.5 Å². The highest BCUT2D eigenvalue weighted by molar-refractivity contribution is 6.10. The number of allylic oxidation sites excluding steroid dienone is 1. The Labute approximate surface area is 164 Å². The fraction of sp³-hybridized carbons (Fsp3) is 0.190. The third kappa shape index (κ3) is 3.72. The Kier molecular flexibility index (Phi) is 5.16. The van der Waals surface area contributed by atoms with Gasteiger partial charge in [-0.05, 0) is 49.2 Å². The van der Waals surface area contributed by atoms with Crippen LogP contribution in [0.2, 0.25) is 0 Å². The van der Waals surface area contributed by atoms with Crippen LogP contribution in [-0.4, -0.2) is 17.4 Å². The van der Waals surface area contributed by atoms with Crippen LogP contribution in [0.3, 0.4) is 0 Å². The Morgan fingerprint density at radius 1 is 1.10 bits per heavy atom. The van der Waals surface area contributed by atoms with Gasteiger partial charge >= 0.3 is 0 Å². The molecule has 2 aromatic rings. The number of rotatable bonds is 3. The zero-order valence-electron chi connectivity index (χ0n) is 15.6. The summed E-state index contributed by atoms with van der Waals surface area (Å²) in [6.45, 7) is 2.82. The van der Waals surface area contributed by atoms with Crippen LogP contribution in [0.15, 0.2) is 42.1 Å². The predicted octanol–water partition coefficient (Wildman–Crippen LogP) is 2.95. The molecule has 1 atom stereocenters. The van der Waals surface area contributed by atoms with Crippen molar-refractivity contribution in [2.24, 2.45) is 0 Å². The van der Waals surface area contributed by atoms with Crippen molar-refractivity contribution in [1.29, 1.82) is 5.26 Å². The number of hydrogen-bond acceptors (Lipinski definition) is 3. The number of carbonyl (C=O) groups excluding carboxylic acids is 2. The molecule has 1 aliphatic heterocycles. The molecule has 2 aromatic carbocycles. The molecule has 5 nitrogen and oxygen atoms in total. The number of nitriles is 1. The average Bonchev–Trinajstić information content (AvgIpc) is 2.68. The van der Waals surface area contributed by atoms with E-state index in [2.05, 4.69) is 10.6 Å². The second-order valence-electron chi connectivity index (χ2n) is 6.94. The predicted molar refractivity (Wildman–Crippen MR) is 98.5 cm³/mol. The van der Waals surface area contributed by atoms with Crippen LogP contribution >= 0.6 is 0 Å². The summed E-state index contributed by atoms with van der Waals surface area (Å²) >= 11 is 0. The molecule has 3 rings (SSSR count). The van der Waals surface area contributed by atoms with Crippen molar-refractivity contribution in [2.45, 2.75) is 25.8 Å². The van der Waals surface area contributed by atoms with E-state index in [9.17, 15) is 28.0 Å². The minimum Gasteiger partial charge on any atom is -0.336 e. The van der Waals surface area contributed by atoms with Gasteiger partial charge in [0.2, 0.25) is 5.91 Å².